The summed E-state index contributed by atoms with van der Waals surface area (Å²) in [7, 11) is 1.71. The molecule has 0 aromatic carbocycles. The third-order valence-corrected chi connectivity index (χ3v) is 3.55. The van der Waals surface area contributed by atoms with Gasteiger partial charge >= 0.3 is 0 Å². The molecule has 0 aliphatic heterocycles. The van der Waals surface area contributed by atoms with Crippen molar-refractivity contribution in [2.24, 2.45) is 5.41 Å². The van der Waals surface area contributed by atoms with Crippen LogP contribution in [0.1, 0.15) is 37.1 Å². The lowest BCUT2D eigenvalue weighted by Crippen LogP contribution is -2.23. The number of hydrogen-bond donors (Lipinski definition) is 1. The molecule has 0 fully saturated rings. The van der Waals surface area contributed by atoms with Gasteiger partial charge in [-0.2, -0.15) is 5.26 Å². The van der Waals surface area contributed by atoms with E-state index in [1.54, 1.807) is 7.11 Å². The maximum absolute atomic E-state index is 9.11. The van der Waals surface area contributed by atoms with Crippen LogP contribution in [0.2, 0.25) is 0 Å². The summed E-state index contributed by atoms with van der Waals surface area (Å²) in [6.45, 7) is 9.87. The van der Waals surface area contributed by atoms with Crippen molar-refractivity contribution < 1.29 is 4.74 Å². The molecule has 1 rings (SSSR count). The monoisotopic (exact) mass is 249 g/mol. The van der Waals surface area contributed by atoms with Crippen LogP contribution in [-0.2, 0) is 11.3 Å². The second-order valence-corrected chi connectivity index (χ2v) is 5.58. The topological polar surface area (TPSA) is 64.0 Å². The number of aromatic nitrogens is 1. The van der Waals surface area contributed by atoms with Crippen LogP contribution in [0.5, 0.6) is 0 Å². The predicted molar refractivity (Wildman–Crippen MR) is 73.3 cm³/mol. The predicted octanol–water partition coefficient (Wildman–Crippen LogP) is 2.62. The smallest absolute Gasteiger partial charge is 0.122 e. The molecule has 0 spiro atoms. The Morgan fingerprint density at radius 2 is 2.00 bits per heavy atom. The lowest BCUT2D eigenvalue weighted by atomic mass is 9.89. The zero-order valence-corrected chi connectivity index (χ0v) is 12.0. The molecule has 1 heterocycles. The Morgan fingerprint density at radius 3 is 2.44 bits per heavy atom. The summed E-state index contributed by atoms with van der Waals surface area (Å²) in [5.41, 5.74) is 8.82. The quantitative estimate of drug-likeness (QED) is 0.872. The van der Waals surface area contributed by atoms with E-state index in [2.05, 4.69) is 19.9 Å². The first-order chi connectivity index (χ1) is 8.34. The summed E-state index contributed by atoms with van der Waals surface area (Å²) >= 11 is 0. The minimum Gasteiger partial charge on any atom is -0.385 e. The number of nitrogens with zero attached hydrogens (tertiary/aromatic N) is 2. The van der Waals surface area contributed by atoms with E-state index in [9.17, 15) is 0 Å². The van der Waals surface area contributed by atoms with Crippen LogP contribution < -0.4 is 5.73 Å². The Hall–Kier alpha value is -1.47. The van der Waals surface area contributed by atoms with Crippen molar-refractivity contribution >= 4 is 5.82 Å². The van der Waals surface area contributed by atoms with Crippen molar-refractivity contribution in [3.05, 3.63) is 16.8 Å². The van der Waals surface area contributed by atoms with Crippen LogP contribution in [0.3, 0.4) is 0 Å². The Balaban J connectivity index is 3.02. The van der Waals surface area contributed by atoms with E-state index < -0.39 is 0 Å². The molecule has 0 amide bonds. The van der Waals surface area contributed by atoms with Gasteiger partial charge in [-0.1, -0.05) is 13.8 Å². The fourth-order valence-corrected chi connectivity index (χ4v) is 2.12. The van der Waals surface area contributed by atoms with Gasteiger partial charge in [0.25, 0.3) is 0 Å². The molecule has 0 saturated carbocycles. The minimum atomic E-state index is 0.0904. The molecule has 0 bridgehead atoms. The van der Waals surface area contributed by atoms with Gasteiger partial charge in [-0.25, -0.2) is 0 Å². The first kappa shape index (κ1) is 14.6. The van der Waals surface area contributed by atoms with Crippen molar-refractivity contribution in [3.8, 4) is 6.07 Å². The third-order valence-electron chi connectivity index (χ3n) is 3.55. The molecule has 1 aromatic rings. The molecule has 0 aliphatic carbocycles. The van der Waals surface area contributed by atoms with Gasteiger partial charge in [-0.05, 0) is 31.2 Å². The maximum Gasteiger partial charge on any atom is 0.122 e. The average molecular weight is 249 g/mol. The molecule has 4 nitrogen and oxygen atoms in total. The second-order valence-electron chi connectivity index (χ2n) is 5.58. The van der Waals surface area contributed by atoms with E-state index in [1.165, 1.54) is 0 Å². The number of anilines is 1. The number of nitriles is 1. The molecule has 0 saturated heterocycles. The van der Waals surface area contributed by atoms with Gasteiger partial charge in [-0.3, -0.25) is 0 Å². The Morgan fingerprint density at radius 1 is 1.39 bits per heavy atom. The molecule has 100 valence electrons. The van der Waals surface area contributed by atoms with E-state index in [4.69, 9.17) is 15.7 Å². The van der Waals surface area contributed by atoms with E-state index in [-0.39, 0.29) is 5.41 Å². The van der Waals surface area contributed by atoms with Gasteiger partial charge in [0.05, 0.1) is 5.56 Å². The lowest BCUT2D eigenvalue weighted by Gasteiger charge is -2.26. The highest BCUT2D eigenvalue weighted by molar-refractivity contribution is 5.57. The lowest BCUT2D eigenvalue weighted by molar-refractivity contribution is 0.142. The van der Waals surface area contributed by atoms with Crippen molar-refractivity contribution in [1.29, 1.82) is 5.26 Å². The number of hydrogen-bond acceptors (Lipinski definition) is 3. The summed E-state index contributed by atoms with van der Waals surface area (Å²) in [5.74, 6) is 0.581. The van der Waals surface area contributed by atoms with Crippen molar-refractivity contribution in [2.75, 3.05) is 19.5 Å². The van der Waals surface area contributed by atoms with Crippen LogP contribution in [0.25, 0.3) is 0 Å². The molecular formula is C14H23N3O. The SMILES string of the molecule is COCCC(C)(C)Cn1c(C)c(C)c(C#N)c1N. The van der Waals surface area contributed by atoms with Gasteiger partial charge in [0.1, 0.15) is 11.9 Å². The molecule has 1 aromatic heterocycles. The van der Waals surface area contributed by atoms with Crippen LogP contribution in [0, 0.1) is 30.6 Å². The summed E-state index contributed by atoms with van der Waals surface area (Å²) in [6, 6.07) is 2.18. The first-order valence-electron chi connectivity index (χ1n) is 6.18. The zero-order valence-electron chi connectivity index (χ0n) is 12.0. The van der Waals surface area contributed by atoms with E-state index >= 15 is 0 Å². The highest BCUT2D eigenvalue weighted by Crippen LogP contribution is 2.30. The van der Waals surface area contributed by atoms with E-state index in [0.29, 0.717) is 11.4 Å². The van der Waals surface area contributed by atoms with Crippen molar-refractivity contribution in [1.82, 2.24) is 4.57 Å². The highest BCUT2D eigenvalue weighted by atomic mass is 16.5. The number of nitrogens with two attached hydrogens (primary N) is 1. The summed E-state index contributed by atoms with van der Waals surface area (Å²) < 4.78 is 7.18. The van der Waals surface area contributed by atoms with Gasteiger partial charge in [0.2, 0.25) is 0 Å². The fourth-order valence-electron chi connectivity index (χ4n) is 2.12. The maximum atomic E-state index is 9.11. The van der Waals surface area contributed by atoms with Crippen molar-refractivity contribution in [2.45, 2.75) is 40.7 Å². The van der Waals surface area contributed by atoms with Crippen LogP contribution in [-0.4, -0.2) is 18.3 Å². The minimum absolute atomic E-state index is 0.0904. The molecule has 2 N–H and O–H groups in total. The summed E-state index contributed by atoms with van der Waals surface area (Å²) in [6.07, 6.45) is 0.960. The van der Waals surface area contributed by atoms with Crippen molar-refractivity contribution in [3.63, 3.8) is 0 Å². The molecule has 0 aliphatic rings. The van der Waals surface area contributed by atoms with E-state index in [1.807, 2.05) is 18.4 Å². The molecule has 0 unspecified atom stereocenters. The number of rotatable bonds is 5. The summed E-state index contributed by atoms with van der Waals surface area (Å²) in [4.78, 5) is 0. The largest absolute Gasteiger partial charge is 0.385 e. The van der Waals surface area contributed by atoms with Gasteiger partial charge in [0.15, 0.2) is 0 Å². The number of ether oxygens (including phenoxy) is 1. The van der Waals surface area contributed by atoms with Gasteiger partial charge < -0.3 is 15.0 Å². The molecule has 4 heteroatoms. The zero-order chi connectivity index (χ0) is 13.9. The standard InChI is InChI=1S/C14H23N3O/c1-10-11(2)17(13(16)12(10)8-15)9-14(3,4)6-7-18-5/h6-7,9,16H2,1-5H3. The Kier molecular flexibility index (Phi) is 4.42. The van der Waals surface area contributed by atoms with Crippen LogP contribution >= 0.6 is 0 Å². The first-order valence-corrected chi connectivity index (χ1v) is 6.18. The third kappa shape index (κ3) is 2.85. The molecule has 0 atom stereocenters. The van der Waals surface area contributed by atoms with Gasteiger partial charge in [0, 0.05) is 26.0 Å². The number of nitrogen functional groups attached to an aromatic ring is 1. The van der Waals surface area contributed by atoms with Crippen LogP contribution in [0.4, 0.5) is 5.82 Å². The Labute approximate surface area is 109 Å². The van der Waals surface area contributed by atoms with E-state index in [0.717, 1.165) is 30.8 Å². The van der Waals surface area contributed by atoms with Gasteiger partial charge in [-0.15, -0.1) is 0 Å². The second kappa shape index (κ2) is 5.45. The normalized spacial score (nSPS) is 11.6. The Bertz CT molecular complexity index is 466. The molecule has 0 radical (unpaired) electrons. The highest BCUT2D eigenvalue weighted by Gasteiger charge is 2.23. The van der Waals surface area contributed by atoms with Crippen LogP contribution in [0.15, 0.2) is 0 Å². The molecule has 18 heavy (non-hydrogen) atoms. The number of methoxy groups -OCH3 is 1. The average Bonchev–Trinajstić information content (AvgIpc) is 2.51. The fraction of sp³-hybridized carbons (Fsp3) is 0.643. The summed E-state index contributed by atoms with van der Waals surface area (Å²) in [5, 5.41) is 9.11. The molecular weight excluding hydrogens is 226 g/mol.